The molecule has 0 unspecified atom stereocenters. The lowest BCUT2D eigenvalue weighted by molar-refractivity contribution is -0.138. The van der Waals surface area contributed by atoms with E-state index in [4.69, 9.17) is 0 Å². The summed E-state index contributed by atoms with van der Waals surface area (Å²) in [6.45, 7) is 11.4. The van der Waals surface area contributed by atoms with Gasteiger partial charge in [0.25, 0.3) is 0 Å². The quantitative estimate of drug-likeness (QED) is 0.772. The van der Waals surface area contributed by atoms with Crippen molar-refractivity contribution >= 4 is 0 Å². The minimum absolute atomic E-state index is 0.451. The largest absolute Gasteiger partial charge is 0.388 e. The van der Waals surface area contributed by atoms with Crippen molar-refractivity contribution in [1.82, 2.24) is 0 Å². The van der Waals surface area contributed by atoms with Crippen LogP contribution in [0, 0.1) is 22.7 Å². The molecule has 1 rings (SSSR count). The topological polar surface area (TPSA) is 40.5 Å². The molecule has 0 saturated heterocycles. The zero-order chi connectivity index (χ0) is 15.6. The summed E-state index contributed by atoms with van der Waals surface area (Å²) in [5, 5.41) is 21.6. The van der Waals surface area contributed by atoms with Crippen molar-refractivity contribution in [2.45, 2.75) is 53.2 Å². The highest BCUT2D eigenvalue weighted by Gasteiger charge is 2.49. The lowest BCUT2D eigenvalue weighted by atomic mass is 9.66. The Morgan fingerprint density at radius 3 is 1.85 bits per heavy atom. The van der Waals surface area contributed by atoms with Crippen LogP contribution in [0.4, 0.5) is 0 Å². The van der Waals surface area contributed by atoms with Gasteiger partial charge < -0.3 is 10.2 Å². The highest BCUT2D eigenvalue weighted by molar-refractivity contribution is 5.37. The molecule has 0 aliphatic carbocycles. The molecule has 0 aromatic heterocycles. The van der Waals surface area contributed by atoms with Crippen LogP contribution in [0.3, 0.4) is 0 Å². The number of rotatable bonds is 1. The SMILES string of the molecule is CC(C)(C)[C@H](O)[C@@](O)(C#Cc1ccccc1)C(C)(C)C. The van der Waals surface area contributed by atoms with Gasteiger partial charge in [0.2, 0.25) is 0 Å². The lowest BCUT2D eigenvalue weighted by Gasteiger charge is -2.44. The van der Waals surface area contributed by atoms with Gasteiger partial charge in [0.05, 0.1) is 6.10 Å². The number of aliphatic hydroxyl groups is 2. The molecule has 1 aromatic rings. The van der Waals surface area contributed by atoms with Crippen LogP contribution in [0.1, 0.15) is 47.1 Å². The van der Waals surface area contributed by atoms with Crippen molar-refractivity contribution < 1.29 is 10.2 Å². The van der Waals surface area contributed by atoms with E-state index in [0.29, 0.717) is 0 Å². The van der Waals surface area contributed by atoms with Gasteiger partial charge in [-0.15, -0.1) is 0 Å². The average molecular weight is 274 g/mol. The summed E-state index contributed by atoms with van der Waals surface area (Å²) in [5.74, 6) is 5.90. The monoisotopic (exact) mass is 274 g/mol. The molecule has 1 aromatic carbocycles. The first-order valence-electron chi connectivity index (χ1n) is 6.97. The second-order valence-corrected chi connectivity index (χ2v) is 7.40. The molecule has 2 nitrogen and oxygen atoms in total. The summed E-state index contributed by atoms with van der Waals surface area (Å²) in [6, 6.07) is 9.50. The van der Waals surface area contributed by atoms with E-state index in [-0.39, 0.29) is 0 Å². The van der Waals surface area contributed by atoms with Crippen molar-refractivity contribution in [2.24, 2.45) is 10.8 Å². The van der Waals surface area contributed by atoms with Crippen molar-refractivity contribution in [3.63, 3.8) is 0 Å². The predicted octanol–water partition coefficient (Wildman–Crippen LogP) is 3.22. The first kappa shape index (κ1) is 16.8. The molecule has 0 fully saturated rings. The van der Waals surface area contributed by atoms with Crippen LogP contribution in [-0.4, -0.2) is 21.9 Å². The summed E-state index contributed by atoms with van der Waals surface area (Å²) in [6.07, 6.45) is -0.939. The Labute approximate surface area is 122 Å². The summed E-state index contributed by atoms with van der Waals surface area (Å²) >= 11 is 0. The van der Waals surface area contributed by atoms with Crippen LogP contribution in [-0.2, 0) is 0 Å². The smallest absolute Gasteiger partial charge is 0.156 e. The van der Waals surface area contributed by atoms with Gasteiger partial charge in [-0.1, -0.05) is 71.6 Å². The Hall–Kier alpha value is -1.30. The fourth-order valence-corrected chi connectivity index (χ4v) is 1.98. The molecule has 0 saturated carbocycles. The zero-order valence-corrected chi connectivity index (χ0v) is 13.4. The fourth-order valence-electron chi connectivity index (χ4n) is 1.98. The van der Waals surface area contributed by atoms with Gasteiger partial charge in [-0.25, -0.2) is 0 Å². The molecule has 0 radical (unpaired) electrons. The number of hydrogen-bond donors (Lipinski definition) is 2. The Balaban J connectivity index is 3.25. The second-order valence-electron chi connectivity index (χ2n) is 7.40. The molecule has 20 heavy (non-hydrogen) atoms. The van der Waals surface area contributed by atoms with E-state index in [2.05, 4.69) is 11.8 Å². The van der Waals surface area contributed by atoms with Crippen LogP contribution in [0.2, 0.25) is 0 Å². The standard InChI is InChI=1S/C18H26O2/c1-16(2,3)15(19)18(20,17(4,5)6)13-12-14-10-8-7-9-11-14/h7-11,15,19-20H,1-6H3/t15-,18-/m0/s1. The molecular weight excluding hydrogens is 248 g/mol. The maximum Gasteiger partial charge on any atom is 0.156 e. The van der Waals surface area contributed by atoms with Crippen LogP contribution in [0.25, 0.3) is 0 Å². The Morgan fingerprint density at radius 2 is 1.45 bits per heavy atom. The van der Waals surface area contributed by atoms with E-state index < -0.39 is 22.5 Å². The van der Waals surface area contributed by atoms with E-state index in [1.54, 1.807) is 0 Å². The van der Waals surface area contributed by atoms with Gasteiger partial charge in [0, 0.05) is 11.0 Å². The molecule has 0 aliphatic heterocycles. The first-order valence-corrected chi connectivity index (χ1v) is 6.97. The Bertz CT molecular complexity index is 494. The number of aliphatic hydroxyl groups excluding tert-OH is 1. The van der Waals surface area contributed by atoms with E-state index in [1.165, 1.54) is 0 Å². The van der Waals surface area contributed by atoms with Gasteiger partial charge >= 0.3 is 0 Å². The van der Waals surface area contributed by atoms with E-state index in [1.807, 2.05) is 71.9 Å². The molecule has 2 atom stereocenters. The lowest BCUT2D eigenvalue weighted by Crippen LogP contribution is -2.56. The van der Waals surface area contributed by atoms with Crippen LogP contribution in [0.5, 0.6) is 0 Å². The Kier molecular flexibility index (Phi) is 4.69. The van der Waals surface area contributed by atoms with E-state index in [9.17, 15) is 10.2 Å². The summed E-state index contributed by atoms with van der Waals surface area (Å²) in [4.78, 5) is 0. The molecular formula is C18H26O2. The van der Waals surface area contributed by atoms with Gasteiger partial charge in [-0.2, -0.15) is 0 Å². The third kappa shape index (κ3) is 3.62. The van der Waals surface area contributed by atoms with Crippen molar-refractivity contribution in [3.05, 3.63) is 35.9 Å². The van der Waals surface area contributed by atoms with E-state index in [0.717, 1.165) is 5.56 Å². The molecule has 0 amide bonds. The predicted molar refractivity (Wildman–Crippen MR) is 83.2 cm³/mol. The maximum atomic E-state index is 11.0. The van der Waals surface area contributed by atoms with Crippen LogP contribution >= 0.6 is 0 Å². The van der Waals surface area contributed by atoms with Crippen molar-refractivity contribution in [2.75, 3.05) is 0 Å². The highest BCUT2D eigenvalue weighted by atomic mass is 16.3. The summed E-state index contributed by atoms with van der Waals surface area (Å²) in [5.41, 5.74) is -1.65. The van der Waals surface area contributed by atoms with Gasteiger partial charge in [-0.05, 0) is 17.5 Å². The minimum Gasteiger partial charge on any atom is -0.388 e. The maximum absolute atomic E-state index is 11.0. The minimum atomic E-state index is -1.47. The molecule has 0 spiro atoms. The van der Waals surface area contributed by atoms with E-state index >= 15 is 0 Å². The Morgan fingerprint density at radius 1 is 0.950 bits per heavy atom. The third-order valence-corrected chi connectivity index (χ3v) is 3.53. The van der Waals surface area contributed by atoms with Gasteiger partial charge in [0.15, 0.2) is 5.60 Å². The molecule has 2 N–H and O–H groups in total. The summed E-state index contributed by atoms with van der Waals surface area (Å²) in [7, 11) is 0. The molecule has 2 heteroatoms. The van der Waals surface area contributed by atoms with Gasteiger partial charge in [0.1, 0.15) is 0 Å². The average Bonchev–Trinajstić information content (AvgIpc) is 2.33. The molecule has 0 bridgehead atoms. The van der Waals surface area contributed by atoms with Crippen molar-refractivity contribution in [1.29, 1.82) is 0 Å². The van der Waals surface area contributed by atoms with Crippen molar-refractivity contribution in [3.8, 4) is 11.8 Å². The fraction of sp³-hybridized carbons (Fsp3) is 0.556. The van der Waals surface area contributed by atoms with Crippen LogP contribution in [0.15, 0.2) is 30.3 Å². The zero-order valence-electron chi connectivity index (χ0n) is 13.4. The normalized spacial score (nSPS) is 16.8. The number of hydrogen-bond acceptors (Lipinski definition) is 2. The van der Waals surface area contributed by atoms with Crippen LogP contribution < -0.4 is 0 Å². The molecule has 110 valence electrons. The number of benzene rings is 1. The highest BCUT2D eigenvalue weighted by Crippen LogP contribution is 2.39. The second kappa shape index (κ2) is 5.60. The molecule has 0 heterocycles. The van der Waals surface area contributed by atoms with Gasteiger partial charge in [-0.3, -0.25) is 0 Å². The first-order chi connectivity index (χ1) is 8.98. The third-order valence-electron chi connectivity index (χ3n) is 3.53. The summed E-state index contributed by atoms with van der Waals surface area (Å²) < 4.78 is 0. The molecule has 0 aliphatic rings.